The number of aryl methyl sites for hydroxylation is 2. The standard InChI is InChI=1S/C24H32O3/c1-14-9-10-16(11-15(14)2)20(22(26)27)18-12-17(23(3,4)5)13-19(21(18)25)24(6,7)8/h9-13,20,25H,1-8H3,(H,26,27). The van der Waals surface area contributed by atoms with E-state index in [1.807, 2.05) is 65.0 Å². The van der Waals surface area contributed by atoms with Gasteiger partial charge in [-0.25, -0.2) is 0 Å². The molecular formula is C24H32O3. The summed E-state index contributed by atoms with van der Waals surface area (Å²) in [6, 6.07) is 9.57. The smallest absolute Gasteiger partial charge is 0.315 e. The summed E-state index contributed by atoms with van der Waals surface area (Å²) in [5.74, 6) is -1.78. The maximum atomic E-state index is 12.3. The second-order valence-corrected chi connectivity index (χ2v) is 9.58. The van der Waals surface area contributed by atoms with E-state index in [0.717, 1.165) is 22.3 Å². The number of aromatic hydroxyl groups is 1. The molecule has 3 nitrogen and oxygen atoms in total. The van der Waals surface area contributed by atoms with E-state index in [4.69, 9.17) is 0 Å². The second kappa shape index (κ2) is 7.03. The maximum absolute atomic E-state index is 12.3. The molecule has 2 aromatic rings. The summed E-state index contributed by atoms with van der Waals surface area (Å²) >= 11 is 0. The first kappa shape index (κ1) is 21.0. The van der Waals surface area contributed by atoms with E-state index in [1.54, 1.807) is 0 Å². The van der Waals surface area contributed by atoms with Crippen molar-refractivity contribution in [3.63, 3.8) is 0 Å². The summed E-state index contributed by atoms with van der Waals surface area (Å²) in [5, 5.41) is 21.1. The van der Waals surface area contributed by atoms with Gasteiger partial charge >= 0.3 is 5.97 Å². The Bertz CT molecular complexity index is 864. The number of hydrogen-bond donors (Lipinski definition) is 2. The van der Waals surface area contributed by atoms with Crippen LogP contribution in [0.2, 0.25) is 0 Å². The normalized spacial score (nSPS) is 13.5. The molecule has 0 heterocycles. The van der Waals surface area contributed by atoms with Gasteiger partial charge in [0.15, 0.2) is 0 Å². The van der Waals surface area contributed by atoms with Gasteiger partial charge in [0, 0.05) is 5.56 Å². The molecule has 3 heteroatoms. The van der Waals surface area contributed by atoms with E-state index >= 15 is 0 Å². The molecule has 2 N–H and O–H groups in total. The number of carboxylic acids is 1. The Morgan fingerprint density at radius 3 is 1.93 bits per heavy atom. The minimum absolute atomic E-state index is 0.0844. The van der Waals surface area contributed by atoms with Crippen LogP contribution in [0.5, 0.6) is 5.75 Å². The fourth-order valence-electron chi connectivity index (χ4n) is 3.28. The van der Waals surface area contributed by atoms with E-state index in [9.17, 15) is 15.0 Å². The first-order valence-electron chi connectivity index (χ1n) is 9.41. The SMILES string of the molecule is Cc1ccc(C(C(=O)O)c2cc(C(C)(C)C)cc(C(C)(C)C)c2O)cc1C. The molecule has 0 amide bonds. The van der Waals surface area contributed by atoms with Gasteiger partial charge in [0.05, 0.1) is 0 Å². The van der Waals surface area contributed by atoms with Crippen LogP contribution in [0.1, 0.15) is 80.8 Å². The first-order valence-corrected chi connectivity index (χ1v) is 9.41. The molecule has 1 atom stereocenters. The molecule has 0 aliphatic heterocycles. The summed E-state index contributed by atoms with van der Waals surface area (Å²) in [5.41, 5.74) is 4.65. The molecule has 146 valence electrons. The third kappa shape index (κ3) is 4.35. The molecule has 0 aromatic heterocycles. The van der Waals surface area contributed by atoms with Crippen molar-refractivity contribution in [1.29, 1.82) is 0 Å². The molecule has 27 heavy (non-hydrogen) atoms. The molecule has 0 fully saturated rings. The van der Waals surface area contributed by atoms with Crippen LogP contribution in [-0.2, 0) is 15.6 Å². The first-order chi connectivity index (χ1) is 12.2. The highest BCUT2D eigenvalue weighted by molar-refractivity contribution is 5.82. The number of phenols is 1. The van der Waals surface area contributed by atoms with E-state index < -0.39 is 11.9 Å². The molecule has 1 unspecified atom stereocenters. The topological polar surface area (TPSA) is 57.5 Å². The Morgan fingerprint density at radius 1 is 0.889 bits per heavy atom. The highest BCUT2D eigenvalue weighted by Crippen LogP contribution is 2.42. The highest BCUT2D eigenvalue weighted by Gasteiger charge is 2.31. The quantitative estimate of drug-likeness (QED) is 0.717. The van der Waals surface area contributed by atoms with Crippen LogP contribution in [0.3, 0.4) is 0 Å². The average Bonchev–Trinajstić information content (AvgIpc) is 2.50. The van der Waals surface area contributed by atoms with Gasteiger partial charge in [0.1, 0.15) is 11.7 Å². The van der Waals surface area contributed by atoms with Gasteiger partial charge in [-0.05, 0) is 52.5 Å². The zero-order chi connectivity index (χ0) is 20.7. The van der Waals surface area contributed by atoms with Gasteiger partial charge in [0.25, 0.3) is 0 Å². The zero-order valence-electron chi connectivity index (χ0n) is 17.8. The van der Waals surface area contributed by atoms with Crippen LogP contribution in [-0.4, -0.2) is 16.2 Å². The lowest BCUT2D eigenvalue weighted by Crippen LogP contribution is -2.20. The molecule has 0 aliphatic rings. The van der Waals surface area contributed by atoms with Crippen molar-refractivity contribution >= 4 is 5.97 Å². The molecule has 0 aliphatic carbocycles. The van der Waals surface area contributed by atoms with Crippen molar-refractivity contribution in [2.45, 2.75) is 72.1 Å². The van der Waals surface area contributed by atoms with Crippen molar-refractivity contribution in [2.24, 2.45) is 0 Å². The van der Waals surface area contributed by atoms with Crippen LogP contribution < -0.4 is 0 Å². The van der Waals surface area contributed by atoms with E-state index in [2.05, 4.69) is 20.8 Å². The highest BCUT2D eigenvalue weighted by atomic mass is 16.4. The molecule has 0 bridgehead atoms. The van der Waals surface area contributed by atoms with Crippen LogP contribution >= 0.6 is 0 Å². The summed E-state index contributed by atoms with van der Waals surface area (Å²) in [6.07, 6.45) is 0. The Balaban J connectivity index is 2.82. The molecule has 2 rings (SSSR count). The number of aliphatic carboxylic acids is 1. The van der Waals surface area contributed by atoms with Gasteiger partial charge in [-0.2, -0.15) is 0 Å². The lowest BCUT2D eigenvalue weighted by atomic mass is 9.76. The lowest BCUT2D eigenvalue weighted by Gasteiger charge is -2.29. The number of rotatable bonds is 3. The molecular weight excluding hydrogens is 336 g/mol. The van der Waals surface area contributed by atoms with Gasteiger partial charge in [-0.15, -0.1) is 0 Å². The average molecular weight is 369 g/mol. The summed E-state index contributed by atoms with van der Waals surface area (Å²) in [4.78, 5) is 12.3. The predicted octanol–water partition coefficient (Wildman–Crippen LogP) is 5.82. The molecule has 0 spiro atoms. The fraction of sp³-hybridized carbons (Fsp3) is 0.458. The third-order valence-corrected chi connectivity index (χ3v) is 5.24. The second-order valence-electron chi connectivity index (χ2n) is 9.58. The Hall–Kier alpha value is -2.29. The van der Waals surface area contributed by atoms with Crippen molar-refractivity contribution < 1.29 is 15.0 Å². The largest absolute Gasteiger partial charge is 0.507 e. The number of phenolic OH excluding ortho intramolecular Hbond substituents is 1. The third-order valence-electron chi connectivity index (χ3n) is 5.24. The number of benzene rings is 2. The molecule has 0 saturated carbocycles. The van der Waals surface area contributed by atoms with Gasteiger partial charge in [0.2, 0.25) is 0 Å². The number of hydrogen-bond acceptors (Lipinski definition) is 2. The van der Waals surface area contributed by atoms with Gasteiger partial charge < -0.3 is 10.2 Å². The molecule has 2 aromatic carbocycles. The summed E-state index contributed by atoms with van der Waals surface area (Å²) in [6.45, 7) is 16.4. The van der Waals surface area contributed by atoms with E-state index in [-0.39, 0.29) is 16.6 Å². The van der Waals surface area contributed by atoms with E-state index in [0.29, 0.717) is 11.1 Å². The Morgan fingerprint density at radius 2 is 1.48 bits per heavy atom. The van der Waals surface area contributed by atoms with Gasteiger partial charge in [-0.1, -0.05) is 71.9 Å². The van der Waals surface area contributed by atoms with Gasteiger partial charge in [-0.3, -0.25) is 4.79 Å². The number of carboxylic acid groups (broad SMARTS) is 1. The fourth-order valence-corrected chi connectivity index (χ4v) is 3.28. The summed E-state index contributed by atoms with van der Waals surface area (Å²) in [7, 11) is 0. The van der Waals surface area contributed by atoms with Crippen LogP contribution in [0.4, 0.5) is 0 Å². The molecule has 0 saturated heterocycles. The zero-order valence-corrected chi connectivity index (χ0v) is 17.8. The Labute approximate surface area is 163 Å². The van der Waals surface area contributed by atoms with Crippen molar-refractivity contribution in [1.82, 2.24) is 0 Å². The lowest BCUT2D eigenvalue weighted by molar-refractivity contribution is -0.137. The van der Waals surface area contributed by atoms with Crippen molar-refractivity contribution in [3.05, 3.63) is 63.7 Å². The predicted molar refractivity (Wildman–Crippen MR) is 111 cm³/mol. The minimum atomic E-state index is -0.959. The van der Waals surface area contributed by atoms with Crippen LogP contribution in [0.25, 0.3) is 0 Å². The molecule has 0 radical (unpaired) electrons. The minimum Gasteiger partial charge on any atom is -0.507 e. The maximum Gasteiger partial charge on any atom is 0.315 e. The number of carbonyl (C=O) groups is 1. The van der Waals surface area contributed by atoms with Crippen LogP contribution in [0, 0.1) is 13.8 Å². The van der Waals surface area contributed by atoms with Crippen molar-refractivity contribution in [2.75, 3.05) is 0 Å². The van der Waals surface area contributed by atoms with Crippen molar-refractivity contribution in [3.8, 4) is 5.75 Å². The monoisotopic (exact) mass is 368 g/mol. The summed E-state index contributed by atoms with van der Waals surface area (Å²) < 4.78 is 0. The van der Waals surface area contributed by atoms with Crippen LogP contribution in [0.15, 0.2) is 30.3 Å². The Kier molecular flexibility index (Phi) is 5.47. The van der Waals surface area contributed by atoms with E-state index in [1.165, 1.54) is 0 Å².